The number of nitrogens with two attached hydrogens (primary N) is 1. The third-order valence-corrected chi connectivity index (χ3v) is 2.66. The molecular formula is C10H17NO. The van der Waals surface area contributed by atoms with E-state index in [9.17, 15) is 0 Å². The van der Waals surface area contributed by atoms with E-state index in [0.717, 1.165) is 12.0 Å². The smallest absolute Gasteiger partial charge is 0.0950 e. The minimum absolute atomic E-state index is 0.0706. The Morgan fingerprint density at radius 1 is 1.58 bits per heavy atom. The molecule has 0 saturated heterocycles. The van der Waals surface area contributed by atoms with Gasteiger partial charge in [-0.2, -0.15) is 0 Å². The number of hydrogen-bond acceptors (Lipinski definition) is 2. The second kappa shape index (κ2) is 3.31. The third-order valence-electron chi connectivity index (χ3n) is 2.66. The Labute approximate surface area is 73.8 Å². The van der Waals surface area contributed by atoms with Crippen molar-refractivity contribution in [3.05, 3.63) is 24.2 Å². The van der Waals surface area contributed by atoms with Gasteiger partial charge < -0.3 is 10.2 Å². The SMILES string of the molecule is CCC(C)(C)C(N)c1ccoc1. The summed E-state index contributed by atoms with van der Waals surface area (Å²) >= 11 is 0. The lowest BCUT2D eigenvalue weighted by atomic mass is 9.80. The van der Waals surface area contributed by atoms with Gasteiger partial charge in [0.1, 0.15) is 0 Å². The lowest BCUT2D eigenvalue weighted by Crippen LogP contribution is -2.28. The zero-order valence-electron chi connectivity index (χ0n) is 8.00. The summed E-state index contributed by atoms with van der Waals surface area (Å²) in [5.41, 5.74) is 7.30. The molecule has 1 rings (SSSR count). The van der Waals surface area contributed by atoms with Crippen LogP contribution in [0.25, 0.3) is 0 Å². The van der Waals surface area contributed by atoms with Crippen LogP contribution >= 0.6 is 0 Å². The molecule has 0 amide bonds. The van der Waals surface area contributed by atoms with Crippen molar-refractivity contribution in [2.45, 2.75) is 33.2 Å². The molecule has 1 aromatic heterocycles. The van der Waals surface area contributed by atoms with Crippen LogP contribution in [0.15, 0.2) is 23.0 Å². The highest BCUT2D eigenvalue weighted by Gasteiger charge is 2.26. The Balaban J connectivity index is 2.78. The summed E-state index contributed by atoms with van der Waals surface area (Å²) in [5, 5.41) is 0. The topological polar surface area (TPSA) is 39.2 Å². The van der Waals surface area contributed by atoms with Gasteiger partial charge in [-0.1, -0.05) is 20.8 Å². The fraction of sp³-hybridized carbons (Fsp3) is 0.600. The van der Waals surface area contributed by atoms with Crippen LogP contribution in [0.4, 0.5) is 0 Å². The molecular weight excluding hydrogens is 150 g/mol. The van der Waals surface area contributed by atoms with Crippen molar-refractivity contribution in [1.82, 2.24) is 0 Å². The van der Waals surface area contributed by atoms with E-state index in [0.29, 0.717) is 0 Å². The molecule has 0 aliphatic heterocycles. The van der Waals surface area contributed by atoms with Crippen LogP contribution in [0.1, 0.15) is 38.8 Å². The van der Waals surface area contributed by atoms with Crippen molar-refractivity contribution in [1.29, 1.82) is 0 Å². The summed E-state index contributed by atoms with van der Waals surface area (Å²) in [6.07, 6.45) is 4.46. The molecule has 12 heavy (non-hydrogen) atoms. The first-order valence-electron chi connectivity index (χ1n) is 4.35. The first-order chi connectivity index (χ1) is 5.58. The molecule has 0 spiro atoms. The van der Waals surface area contributed by atoms with Gasteiger partial charge in [-0.3, -0.25) is 0 Å². The highest BCUT2D eigenvalue weighted by Crippen LogP contribution is 2.34. The fourth-order valence-corrected chi connectivity index (χ4v) is 1.12. The van der Waals surface area contributed by atoms with E-state index in [-0.39, 0.29) is 11.5 Å². The van der Waals surface area contributed by atoms with E-state index in [1.807, 2.05) is 6.07 Å². The summed E-state index contributed by atoms with van der Waals surface area (Å²) in [6, 6.07) is 2.00. The standard InChI is InChI=1S/C10H17NO/c1-4-10(2,3)9(11)8-5-6-12-7-8/h5-7,9H,4,11H2,1-3H3. The monoisotopic (exact) mass is 167 g/mol. The van der Waals surface area contributed by atoms with Gasteiger partial charge in [0, 0.05) is 11.6 Å². The van der Waals surface area contributed by atoms with E-state index >= 15 is 0 Å². The first kappa shape index (κ1) is 9.33. The van der Waals surface area contributed by atoms with Gasteiger partial charge in [-0.05, 0) is 17.9 Å². The highest BCUT2D eigenvalue weighted by atomic mass is 16.3. The second-order valence-corrected chi connectivity index (χ2v) is 3.88. The Hall–Kier alpha value is -0.760. The molecule has 0 radical (unpaired) electrons. The van der Waals surface area contributed by atoms with E-state index in [2.05, 4.69) is 20.8 Å². The van der Waals surface area contributed by atoms with E-state index in [4.69, 9.17) is 10.2 Å². The average molecular weight is 167 g/mol. The Morgan fingerprint density at radius 3 is 2.67 bits per heavy atom. The number of furan rings is 1. The minimum atomic E-state index is 0.0706. The van der Waals surface area contributed by atoms with Crippen LogP contribution in [0.3, 0.4) is 0 Å². The first-order valence-corrected chi connectivity index (χ1v) is 4.35. The highest BCUT2D eigenvalue weighted by molar-refractivity contribution is 5.13. The molecule has 0 aromatic carbocycles. The van der Waals surface area contributed by atoms with Crippen LogP contribution in [0.5, 0.6) is 0 Å². The predicted octanol–water partition coefficient (Wildman–Crippen LogP) is 2.72. The van der Waals surface area contributed by atoms with Crippen LogP contribution in [0.2, 0.25) is 0 Å². The summed E-state index contributed by atoms with van der Waals surface area (Å²) < 4.78 is 5.00. The van der Waals surface area contributed by atoms with Crippen molar-refractivity contribution in [2.24, 2.45) is 11.1 Å². The molecule has 2 nitrogen and oxygen atoms in total. The molecule has 68 valence electrons. The van der Waals surface area contributed by atoms with Crippen molar-refractivity contribution >= 4 is 0 Å². The number of hydrogen-bond donors (Lipinski definition) is 1. The molecule has 1 heterocycles. The molecule has 1 unspecified atom stereocenters. The van der Waals surface area contributed by atoms with E-state index < -0.39 is 0 Å². The van der Waals surface area contributed by atoms with Crippen molar-refractivity contribution < 1.29 is 4.42 Å². The summed E-state index contributed by atoms with van der Waals surface area (Å²) in [6.45, 7) is 6.50. The third kappa shape index (κ3) is 1.69. The Bertz CT molecular complexity index is 226. The van der Waals surface area contributed by atoms with E-state index in [1.54, 1.807) is 12.5 Å². The van der Waals surface area contributed by atoms with Gasteiger partial charge in [0.15, 0.2) is 0 Å². The van der Waals surface area contributed by atoms with Gasteiger partial charge in [0.25, 0.3) is 0 Å². The van der Waals surface area contributed by atoms with E-state index in [1.165, 1.54) is 0 Å². The van der Waals surface area contributed by atoms with Crippen molar-refractivity contribution in [3.8, 4) is 0 Å². The molecule has 1 atom stereocenters. The molecule has 0 aliphatic carbocycles. The average Bonchev–Trinajstić information content (AvgIpc) is 2.55. The summed E-state index contributed by atoms with van der Waals surface area (Å²) in [7, 11) is 0. The largest absolute Gasteiger partial charge is 0.472 e. The van der Waals surface area contributed by atoms with Crippen LogP contribution in [0, 0.1) is 5.41 Å². The zero-order chi connectivity index (χ0) is 9.19. The second-order valence-electron chi connectivity index (χ2n) is 3.88. The summed E-state index contributed by atoms with van der Waals surface area (Å²) in [4.78, 5) is 0. The van der Waals surface area contributed by atoms with Crippen molar-refractivity contribution in [2.75, 3.05) is 0 Å². The van der Waals surface area contributed by atoms with Crippen LogP contribution in [-0.4, -0.2) is 0 Å². The van der Waals surface area contributed by atoms with Gasteiger partial charge in [0.2, 0.25) is 0 Å². The van der Waals surface area contributed by atoms with Gasteiger partial charge in [-0.15, -0.1) is 0 Å². The Morgan fingerprint density at radius 2 is 2.25 bits per heavy atom. The molecule has 2 heteroatoms. The molecule has 0 bridgehead atoms. The van der Waals surface area contributed by atoms with Crippen LogP contribution in [-0.2, 0) is 0 Å². The maximum atomic E-state index is 6.07. The van der Waals surface area contributed by atoms with Crippen LogP contribution < -0.4 is 5.73 Å². The van der Waals surface area contributed by atoms with Gasteiger partial charge in [-0.25, -0.2) is 0 Å². The fourth-order valence-electron chi connectivity index (χ4n) is 1.12. The lowest BCUT2D eigenvalue weighted by molar-refractivity contribution is 0.277. The van der Waals surface area contributed by atoms with Gasteiger partial charge >= 0.3 is 0 Å². The van der Waals surface area contributed by atoms with Crippen molar-refractivity contribution in [3.63, 3.8) is 0 Å². The molecule has 2 N–H and O–H groups in total. The number of rotatable bonds is 3. The lowest BCUT2D eigenvalue weighted by Gasteiger charge is -2.29. The molecule has 1 aromatic rings. The maximum absolute atomic E-state index is 6.07. The maximum Gasteiger partial charge on any atom is 0.0950 e. The summed E-state index contributed by atoms with van der Waals surface area (Å²) in [5.74, 6) is 0. The quantitative estimate of drug-likeness (QED) is 0.751. The molecule has 0 saturated carbocycles. The normalized spacial score (nSPS) is 14.7. The minimum Gasteiger partial charge on any atom is -0.472 e. The zero-order valence-corrected chi connectivity index (χ0v) is 8.00. The Kier molecular flexibility index (Phi) is 2.58. The molecule has 0 aliphatic rings. The molecule has 0 fully saturated rings. The predicted molar refractivity (Wildman–Crippen MR) is 49.7 cm³/mol. The van der Waals surface area contributed by atoms with Gasteiger partial charge in [0.05, 0.1) is 12.5 Å².